The molecule has 10 aromatic rings. The van der Waals surface area contributed by atoms with Crippen molar-refractivity contribution in [2.24, 2.45) is 0 Å². The first-order valence-electron chi connectivity index (χ1n) is 16.4. The summed E-state index contributed by atoms with van der Waals surface area (Å²) < 4.78 is 6.37. The van der Waals surface area contributed by atoms with Crippen molar-refractivity contribution in [3.8, 4) is 11.1 Å². The minimum absolute atomic E-state index is 0.879. The van der Waals surface area contributed by atoms with Gasteiger partial charge < -0.3 is 9.32 Å². The molecule has 224 valence electrons. The molecule has 0 aliphatic heterocycles. The molecule has 0 spiro atoms. The van der Waals surface area contributed by atoms with Crippen molar-refractivity contribution in [3.63, 3.8) is 0 Å². The average molecular weight is 612 g/mol. The molecule has 2 nitrogen and oxygen atoms in total. The fourth-order valence-electron chi connectivity index (χ4n) is 7.49. The maximum absolute atomic E-state index is 6.37. The van der Waals surface area contributed by atoms with Crippen LogP contribution in [-0.4, -0.2) is 0 Å². The molecule has 48 heavy (non-hydrogen) atoms. The maximum Gasteiger partial charge on any atom is 0.137 e. The highest BCUT2D eigenvalue weighted by Gasteiger charge is 2.20. The van der Waals surface area contributed by atoms with E-state index in [0.717, 1.165) is 39.0 Å². The van der Waals surface area contributed by atoms with Crippen molar-refractivity contribution in [1.29, 1.82) is 0 Å². The molecule has 0 unspecified atom stereocenters. The Morgan fingerprint density at radius 2 is 0.938 bits per heavy atom. The van der Waals surface area contributed by atoms with Gasteiger partial charge in [-0.25, -0.2) is 0 Å². The van der Waals surface area contributed by atoms with Crippen molar-refractivity contribution >= 4 is 82.1 Å². The van der Waals surface area contributed by atoms with Crippen molar-refractivity contribution in [1.82, 2.24) is 0 Å². The van der Waals surface area contributed by atoms with E-state index in [2.05, 4.69) is 169 Å². The second-order valence-corrected chi connectivity index (χ2v) is 12.5. The fraction of sp³-hybridized carbons (Fsp3) is 0. The van der Waals surface area contributed by atoms with E-state index in [0.29, 0.717) is 0 Å². The molecular weight excluding hydrogens is 583 g/mol. The highest BCUT2D eigenvalue weighted by molar-refractivity contribution is 6.18. The van der Waals surface area contributed by atoms with Crippen LogP contribution in [0.5, 0.6) is 0 Å². The topological polar surface area (TPSA) is 16.4 Å². The lowest BCUT2D eigenvalue weighted by atomic mass is 9.96. The molecule has 0 saturated heterocycles. The molecule has 2 heteroatoms. The number of benzene rings is 9. The highest BCUT2D eigenvalue weighted by Crippen LogP contribution is 2.44. The van der Waals surface area contributed by atoms with Gasteiger partial charge in [0.1, 0.15) is 11.2 Å². The number of fused-ring (bicyclic) bond motifs is 9. The number of rotatable bonds is 4. The summed E-state index contributed by atoms with van der Waals surface area (Å²) in [7, 11) is 0. The molecular formula is C46H29NO. The lowest BCUT2D eigenvalue weighted by Gasteiger charge is -2.27. The smallest absolute Gasteiger partial charge is 0.137 e. The van der Waals surface area contributed by atoms with E-state index in [-0.39, 0.29) is 0 Å². The van der Waals surface area contributed by atoms with Gasteiger partial charge in [-0.2, -0.15) is 0 Å². The van der Waals surface area contributed by atoms with E-state index in [4.69, 9.17) is 4.42 Å². The zero-order valence-electron chi connectivity index (χ0n) is 26.1. The third-order valence-electron chi connectivity index (χ3n) is 9.82. The molecule has 0 saturated carbocycles. The van der Waals surface area contributed by atoms with Gasteiger partial charge in [-0.1, -0.05) is 127 Å². The summed E-state index contributed by atoms with van der Waals surface area (Å²) in [4.78, 5) is 2.38. The zero-order chi connectivity index (χ0) is 31.6. The average Bonchev–Trinajstić information content (AvgIpc) is 3.54. The molecule has 0 fully saturated rings. The normalized spacial score (nSPS) is 11.8. The van der Waals surface area contributed by atoms with Crippen LogP contribution in [0.3, 0.4) is 0 Å². The summed E-state index contributed by atoms with van der Waals surface area (Å²) in [5.41, 5.74) is 7.43. The van der Waals surface area contributed by atoms with Gasteiger partial charge in [-0.3, -0.25) is 0 Å². The maximum atomic E-state index is 6.37. The quantitative estimate of drug-likeness (QED) is 0.184. The Morgan fingerprint density at radius 3 is 1.79 bits per heavy atom. The van der Waals surface area contributed by atoms with E-state index in [9.17, 15) is 0 Å². The number of para-hydroxylation sites is 1. The van der Waals surface area contributed by atoms with Crippen LogP contribution >= 0.6 is 0 Å². The Bertz CT molecular complexity index is 2840. The SMILES string of the molecule is c1ccc2cc(-c3ccc(N(c4ccc5ccc6c7ccccc7ccc6c5c4)c4cccc5oc6ccccc6c45)cc3)ccc2c1. The molecule has 1 heterocycles. The first-order valence-corrected chi connectivity index (χ1v) is 16.4. The van der Waals surface area contributed by atoms with Crippen LogP contribution in [0.25, 0.3) is 76.2 Å². The van der Waals surface area contributed by atoms with E-state index in [1.165, 1.54) is 54.2 Å². The Balaban J connectivity index is 1.20. The van der Waals surface area contributed by atoms with Gasteiger partial charge in [-0.15, -0.1) is 0 Å². The van der Waals surface area contributed by atoms with Gasteiger partial charge in [0.15, 0.2) is 0 Å². The number of anilines is 3. The standard InChI is InChI=1S/C46H29NO/c1-2-10-34-28-35(17-16-30(34)8-1)31-18-23-36(24-19-31)47(43-13-7-15-45-46(43)41-12-5-6-14-44(41)48-45)37-25-20-33-22-26-39-38-11-4-3-9-32(38)21-27-40(39)42(33)29-37/h1-29H. The Hall–Kier alpha value is -6.38. The predicted octanol–water partition coefficient (Wildman–Crippen LogP) is 13.3. The summed E-state index contributed by atoms with van der Waals surface area (Å²) in [5, 5.41) is 12.2. The lowest BCUT2D eigenvalue weighted by molar-refractivity contribution is 0.669. The molecule has 0 radical (unpaired) electrons. The minimum atomic E-state index is 0.879. The van der Waals surface area contributed by atoms with Crippen LogP contribution in [0.15, 0.2) is 180 Å². The molecule has 0 atom stereocenters. The zero-order valence-corrected chi connectivity index (χ0v) is 26.1. The van der Waals surface area contributed by atoms with Gasteiger partial charge in [0.2, 0.25) is 0 Å². The van der Waals surface area contributed by atoms with E-state index in [1.807, 2.05) is 12.1 Å². The van der Waals surface area contributed by atoms with Crippen LogP contribution < -0.4 is 4.90 Å². The summed E-state index contributed by atoms with van der Waals surface area (Å²) in [6.45, 7) is 0. The monoisotopic (exact) mass is 611 g/mol. The Labute approximate surface area is 277 Å². The van der Waals surface area contributed by atoms with Crippen LogP contribution in [0.2, 0.25) is 0 Å². The number of nitrogens with zero attached hydrogens (tertiary/aromatic N) is 1. The fourth-order valence-corrected chi connectivity index (χ4v) is 7.49. The summed E-state index contributed by atoms with van der Waals surface area (Å²) >= 11 is 0. The molecule has 0 aliphatic rings. The number of furan rings is 1. The second kappa shape index (κ2) is 10.6. The van der Waals surface area contributed by atoms with Crippen LogP contribution in [0.1, 0.15) is 0 Å². The van der Waals surface area contributed by atoms with Gasteiger partial charge in [0.25, 0.3) is 0 Å². The molecule has 0 amide bonds. The summed E-state index contributed by atoms with van der Waals surface area (Å²) in [6.07, 6.45) is 0. The lowest BCUT2D eigenvalue weighted by Crippen LogP contribution is -2.10. The largest absolute Gasteiger partial charge is 0.456 e. The minimum Gasteiger partial charge on any atom is -0.456 e. The highest BCUT2D eigenvalue weighted by atomic mass is 16.3. The first-order chi connectivity index (χ1) is 23.8. The molecule has 0 bridgehead atoms. The van der Waals surface area contributed by atoms with Crippen LogP contribution in [0, 0.1) is 0 Å². The van der Waals surface area contributed by atoms with Crippen molar-refractivity contribution in [2.45, 2.75) is 0 Å². The van der Waals surface area contributed by atoms with Crippen molar-refractivity contribution in [3.05, 3.63) is 176 Å². The van der Waals surface area contributed by atoms with Crippen LogP contribution in [0.4, 0.5) is 17.1 Å². The van der Waals surface area contributed by atoms with Gasteiger partial charge in [0, 0.05) is 16.8 Å². The first kappa shape index (κ1) is 26.8. The third-order valence-corrected chi connectivity index (χ3v) is 9.82. The summed E-state index contributed by atoms with van der Waals surface area (Å²) in [6, 6.07) is 63.4. The molecule has 0 aliphatic carbocycles. The van der Waals surface area contributed by atoms with E-state index < -0.39 is 0 Å². The van der Waals surface area contributed by atoms with Gasteiger partial charge in [-0.05, 0) is 103 Å². The molecule has 10 rings (SSSR count). The Morgan fingerprint density at radius 1 is 0.333 bits per heavy atom. The second-order valence-electron chi connectivity index (χ2n) is 12.5. The van der Waals surface area contributed by atoms with Crippen molar-refractivity contribution < 1.29 is 4.42 Å². The van der Waals surface area contributed by atoms with Gasteiger partial charge >= 0.3 is 0 Å². The molecule has 9 aromatic carbocycles. The molecule has 0 N–H and O–H groups in total. The Kier molecular flexibility index (Phi) is 5.91. The van der Waals surface area contributed by atoms with Crippen LogP contribution in [-0.2, 0) is 0 Å². The van der Waals surface area contributed by atoms with E-state index >= 15 is 0 Å². The summed E-state index contributed by atoms with van der Waals surface area (Å²) in [5.74, 6) is 0. The van der Waals surface area contributed by atoms with Gasteiger partial charge in [0.05, 0.1) is 11.1 Å². The third kappa shape index (κ3) is 4.20. The molecule has 1 aromatic heterocycles. The predicted molar refractivity (Wildman–Crippen MR) is 204 cm³/mol. The van der Waals surface area contributed by atoms with Crippen molar-refractivity contribution in [2.75, 3.05) is 4.90 Å². The van der Waals surface area contributed by atoms with E-state index in [1.54, 1.807) is 0 Å². The number of hydrogen-bond donors (Lipinski definition) is 0. The number of hydrogen-bond acceptors (Lipinski definition) is 2.